The molecule has 0 aliphatic rings. The van der Waals surface area contributed by atoms with Crippen molar-refractivity contribution in [3.63, 3.8) is 0 Å². The van der Waals surface area contributed by atoms with Crippen LogP contribution < -0.4 is 0 Å². The second-order valence-corrected chi connectivity index (χ2v) is 6.10. The Kier molecular flexibility index (Phi) is 10.3. The summed E-state index contributed by atoms with van der Waals surface area (Å²) in [7, 11) is 0. The maximum Gasteiger partial charge on any atom is 0.118 e. The molecule has 26 heavy (non-hydrogen) atoms. The van der Waals surface area contributed by atoms with Crippen molar-refractivity contribution in [1.29, 1.82) is 0 Å². The highest BCUT2D eigenvalue weighted by molar-refractivity contribution is 5.36. The second-order valence-electron chi connectivity index (χ2n) is 6.10. The zero-order valence-corrected chi connectivity index (χ0v) is 16.4. The van der Waals surface area contributed by atoms with Gasteiger partial charge in [-0.15, -0.1) is 0 Å². The van der Waals surface area contributed by atoms with E-state index in [9.17, 15) is 0 Å². The SMILES string of the molecule is C/C(O)=C\C=C(/C)O.Cc1ccc(O)cc1C.Cc1cccc(O)c1C. The normalized spacial score (nSPS) is 11.0. The van der Waals surface area contributed by atoms with Crippen molar-refractivity contribution in [2.24, 2.45) is 0 Å². The number of phenolic OH excluding ortho intramolecular Hbond substituents is 2. The van der Waals surface area contributed by atoms with Gasteiger partial charge in [-0.05, 0) is 94.1 Å². The van der Waals surface area contributed by atoms with E-state index >= 15 is 0 Å². The number of rotatable bonds is 1. The minimum Gasteiger partial charge on any atom is -0.513 e. The van der Waals surface area contributed by atoms with Gasteiger partial charge in [0.05, 0.1) is 11.5 Å². The quantitative estimate of drug-likeness (QED) is 0.376. The lowest BCUT2D eigenvalue weighted by molar-refractivity contribution is 0.406. The Morgan fingerprint density at radius 2 is 1.27 bits per heavy atom. The third-order valence-corrected chi connectivity index (χ3v) is 3.63. The van der Waals surface area contributed by atoms with E-state index in [0.29, 0.717) is 11.5 Å². The molecule has 0 saturated carbocycles. The number of phenols is 2. The highest BCUT2D eigenvalue weighted by Crippen LogP contribution is 2.17. The van der Waals surface area contributed by atoms with Crippen LogP contribution in [0.15, 0.2) is 60.1 Å². The van der Waals surface area contributed by atoms with Gasteiger partial charge in [0.25, 0.3) is 0 Å². The molecule has 0 bridgehead atoms. The lowest BCUT2D eigenvalue weighted by Gasteiger charge is -1.99. The fourth-order valence-electron chi connectivity index (χ4n) is 1.70. The number of aliphatic hydroxyl groups excluding tert-OH is 2. The molecule has 4 heteroatoms. The summed E-state index contributed by atoms with van der Waals surface area (Å²) in [6.45, 7) is 11.0. The standard InChI is InChI=1S/2C8H10O.C6H10O2/c1-6-3-4-8(9)5-7(6)2;1-6-4-3-5-8(9)7(6)2;1-5(7)3-4-6(2)8/h2*3-5,9H,1-2H3;3-4,7-8H,1-2H3/b;;5-3+,6-4+. The molecule has 0 amide bonds. The minimum atomic E-state index is 0.193. The van der Waals surface area contributed by atoms with E-state index in [1.165, 1.54) is 17.7 Å². The van der Waals surface area contributed by atoms with E-state index in [4.69, 9.17) is 20.4 Å². The first-order valence-corrected chi connectivity index (χ1v) is 8.29. The van der Waals surface area contributed by atoms with Crippen LogP contribution >= 0.6 is 0 Å². The average molecular weight is 358 g/mol. The Labute approximate surface area is 156 Å². The van der Waals surface area contributed by atoms with Crippen molar-refractivity contribution in [2.75, 3.05) is 0 Å². The zero-order chi connectivity index (χ0) is 20.3. The van der Waals surface area contributed by atoms with Crippen molar-refractivity contribution in [3.05, 3.63) is 82.3 Å². The maximum atomic E-state index is 9.10. The van der Waals surface area contributed by atoms with Crippen molar-refractivity contribution in [3.8, 4) is 11.5 Å². The predicted molar refractivity (Wildman–Crippen MR) is 108 cm³/mol. The van der Waals surface area contributed by atoms with Gasteiger partial charge in [0.15, 0.2) is 0 Å². The summed E-state index contributed by atoms with van der Waals surface area (Å²) in [5, 5.41) is 35.1. The third-order valence-electron chi connectivity index (χ3n) is 3.63. The number of benzene rings is 2. The van der Waals surface area contributed by atoms with Crippen LogP contribution in [-0.2, 0) is 0 Å². The van der Waals surface area contributed by atoms with Gasteiger partial charge >= 0.3 is 0 Å². The van der Waals surface area contributed by atoms with E-state index in [1.54, 1.807) is 32.0 Å². The van der Waals surface area contributed by atoms with Gasteiger partial charge in [-0.1, -0.05) is 18.2 Å². The smallest absolute Gasteiger partial charge is 0.118 e. The molecule has 0 radical (unpaired) electrons. The number of aromatic hydroxyl groups is 2. The molecule has 0 saturated heterocycles. The molecule has 0 atom stereocenters. The van der Waals surface area contributed by atoms with Gasteiger partial charge < -0.3 is 20.4 Å². The lowest BCUT2D eigenvalue weighted by atomic mass is 10.1. The first-order chi connectivity index (χ1) is 12.0. The molecule has 0 fully saturated rings. The topological polar surface area (TPSA) is 80.9 Å². The predicted octanol–water partition coefficient (Wildman–Crippen LogP) is 5.93. The van der Waals surface area contributed by atoms with E-state index in [1.807, 2.05) is 45.9 Å². The maximum absolute atomic E-state index is 9.10. The number of allylic oxidation sites excluding steroid dienone is 4. The van der Waals surface area contributed by atoms with Crippen molar-refractivity contribution in [2.45, 2.75) is 41.5 Å². The minimum absolute atomic E-state index is 0.193. The summed E-state index contributed by atoms with van der Waals surface area (Å²) in [6, 6.07) is 10.9. The first kappa shape index (κ1) is 23.1. The van der Waals surface area contributed by atoms with Gasteiger partial charge in [-0.25, -0.2) is 0 Å². The highest BCUT2D eigenvalue weighted by atomic mass is 16.3. The molecule has 0 aromatic heterocycles. The van der Waals surface area contributed by atoms with Crippen molar-refractivity contribution < 1.29 is 20.4 Å². The van der Waals surface area contributed by atoms with E-state index in [-0.39, 0.29) is 11.5 Å². The van der Waals surface area contributed by atoms with Gasteiger partial charge in [0.2, 0.25) is 0 Å². The Morgan fingerprint density at radius 3 is 1.62 bits per heavy atom. The first-order valence-electron chi connectivity index (χ1n) is 8.29. The molecule has 4 N–H and O–H groups in total. The number of aryl methyl sites for hydroxylation is 3. The monoisotopic (exact) mass is 358 g/mol. The lowest BCUT2D eigenvalue weighted by Crippen LogP contribution is -1.78. The molecule has 2 rings (SSSR count). The van der Waals surface area contributed by atoms with E-state index in [0.717, 1.165) is 16.7 Å². The summed E-state index contributed by atoms with van der Waals surface area (Å²) >= 11 is 0. The fourth-order valence-corrected chi connectivity index (χ4v) is 1.70. The summed E-state index contributed by atoms with van der Waals surface area (Å²) in [5.41, 5.74) is 4.45. The van der Waals surface area contributed by atoms with Crippen LogP contribution in [0.3, 0.4) is 0 Å². The molecule has 142 valence electrons. The number of hydrogen-bond acceptors (Lipinski definition) is 4. The molecular formula is C22H30O4. The van der Waals surface area contributed by atoms with Crippen LogP contribution in [0.5, 0.6) is 11.5 Å². The fraction of sp³-hybridized carbons (Fsp3) is 0.273. The van der Waals surface area contributed by atoms with Crippen LogP contribution in [0.1, 0.15) is 36.1 Å². The second kappa shape index (κ2) is 11.6. The molecule has 0 spiro atoms. The summed E-state index contributed by atoms with van der Waals surface area (Å²) in [5.74, 6) is 1.12. The van der Waals surface area contributed by atoms with E-state index in [2.05, 4.69) is 0 Å². The van der Waals surface area contributed by atoms with Gasteiger partial charge in [-0.3, -0.25) is 0 Å². The van der Waals surface area contributed by atoms with Gasteiger partial charge in [0, 0.05) is 0 Å². The Bertz CT molecular complexity index is 714. The Morgan fingerprint density at radius 1 is 0.731 bits per heavy atom. The van der Waals surface area contributed by atoms with Crippen molar-refractivity contribution >= 4 is 0 Å². The van der Waals surface area contributed by atoms with Gasteiger partial charge in [-0.2, -0.15) is 0 Å². The highest BCUT2D eigenvalue weighted by Gasteiger charge is 1.94. The molecule has 2 aromatic rings. The summed E-state index contributed by atoms with van der Waals surface area (Å²) in [6.07, 6.45) is 2.85. The van der Waals surface area contributed by atoms with Crippen LogP contribution in [0.25, 0.3) is 0 Å². The molecule has 0 aliphatic carbocycles. The molecule has 0 heterocycles. The number of aliphatic hydroxyl groups is 2. The van der Waals surface area contributed by atoms with Crippen LogP contribution in [-0.4, -0.2) is 20.4 Å². The largest absolute Gasteiger partial charge is 0.513 e. The average Bonchev–Trinajstić information content (AvgIpc) is 2.55. The Balaban J connectivity index is 0.000000362. The van der Waals surface area contributed by atoms with Crippen LogP contribution in [0.4, 0.5) is 0 Å². The molecule has 2 aromatic carbocycles. The summed E-state index contributed by atoms with van der Waals surface area (Å²) < 4.78 is 0. The van der Waals surface area contributed by atoms with Gasteiger partial charge in [0.1, 0.15) is 11.5 Å². The zero-order valence-electron chi connectivity index (χ0n) is 16.4. The molecular weight excluding hydrogens is 328 g/mol. The molecule has 4 nitrogen and oxygen atoms in total. The van der Waals surface area contributed by atoms with Crippen molar-refractivity contribution in [1.82, 2.24) is 0 Å². The molecule has 0 aliphatic heterocycles. The summed E-state index contributed by atoms with van der Waals surface area (Å²) in [4.78, 5) is 0. The van der Waals surface area contributed by atoms with Crippen LogP contribution in [0, 0.1) is 27.7 Å². The molecule has 0 unspecified atom stereocenters. The van der Waals surface area contributed by atoms with E-state index < -0.39 is 0 Å². The van der Waals surface area contributed by atoms with Crippen LogP contribution in [0.2, 0.25) is 0 Å². The third kappa shape index (κ3) is 10.1. The number of hydrogen-bond donors (Lipinski definition) is 4. The Hall–Kier alpha value is -2.88.